The van der Waals surface area contributed by atoms with Crippen molar-refractivity contribution in [1.29, 1.82) is 0 Å². The normalized spacial score (nSPS) is 14.2. The zero-order valence-electron chi connectivity index (χ0n) is 10.1. The molecule has 16 heavy (non-hydrogen) atoms. The summed E-state index contributed by atoms with van der Waals surface area (Å²) in [6.07, 6.45) is 0. The molecule has 0 aliphatic rings. The first kappa shape index (κ1) is 12.7. The maximum Gasteiger partial charge on any atom is 0.322 e. The van der Waals surface area contributed by atoms with Crippen molar-refractivity contribution in [3.8, 4) is 0 Å². The Labute approximate surface area is 96.8 Å². The van der Waals surface area contributed by atoms with Gasteiger partial charge in [-0.2, -0.15) is 0 Å². The van der Waals surface area contributed by atoms with E-state index in [0.29, 0.717) is 5.92 Å². The minimum Gasteiger partial charge on any atom is -0.468 e. The van der Waals surface area contributed by atoms with E-state index in [0.717, 1.165) is 6.54 Å². The second-order valence-electron chi connectivity index (χ2n) is 3.96. The molecule has 0 aliphatic heterocycles. The van der Waals surface area contributed by atoms with E-state index >= 15 is 0 Å². The van der Waals surface area contributed by atoms with Crippen molar-refractivity contribution in [1.82, 2.24) is 5.32 Å². The second kappa shape index (κ2) is 6.28. The van der Waals surface area contributed by atoms with Gasteiger partial charge in [-0.05, 0) is 18.4 Å². The number of esters is 1. The molecule has 1 aromatic rings. The van der Waals surface area contributed by atoms with E-state index in [1.165, 1.54) is 12.7 Å². The molecule has 2 atom stereocenters. The molecule has 0 fully saturated rings. The van der Waals surface area contributed by atoms with E-state index < -0.39 is 0 Å². The van der Waals surface area contributed by atoms with Crippen molar-refractivity contribution >= 4 is 5.97 Å². The molecule has 0 aliphatic carbocycles. The second-order valence-corrected chi connectivity index (χ2v) is 3.96. The van der Waals surface area contributed by atoms with Gasteiger partial charge in [-0.15, -0.1) is 0 Å². The van der Waals surface area contributed by atoms with Crippen molar-refractivity contribution in [2.24, 2.45) is 0 Å². The van der Waals surface area contributed by atoms with Crippen LogP contribution in [0.25, 0.3) is 0 Å². The summed E-state index contributed by atoms with van der Waals surface area (Å²) in [6.45, 7) is 4.70. The van der Waals surface area contributed by atoms with Crippen LogP contribution in [-0.4, -0.2) is 25.7 Å². The molecule has 1 N–H and O–H groups in total. The summed E-state index contributed by atoms with van der Waals surface area (Å²) in [5.41, 5.74) is 1.27. The lowest BCUT2D eigenvalue weighted by Gasteiger charge is -2.16. The average Bonchev–Trinajstić information content (AvgIpc) is 2.35. The summed E-state index contributed by atoms with van der Waals surface area (Å²) < 4.78 is 4.65. The van der Waals surface area contributed by atoms with Gasteiger partial charge in [-0.3, -0.25) is 4.79 Å². The number of benzene rings is 1. The molecule has 0 amide bonds. The van der Waals surface area contributed by atoms with Crippen LogP contribution in [0, 0.1) is 0 Å². The molecule has 2 unspecified atom stereocenters. The first-order chi connectivity index (χ1) is 7.65. The van der Waals surface area contributed by atoms with Gasteiger partial charge in [0.05, 0.1) is 7.11 Å². The fourth-order valence-corrected chi connectivity index (χ4v) is 1.51. The molecule has 3 nitrogen and oxygen atoms in total. The van der Waals surface area contributed by atoms with Gasteiger partial charge in [0.1, 0.15) is 6.04 Å². The number of nitrogens with one attached hydrogen (secondary N) is 1. The van der Waals surface area contributed by atoms with Crippen LogP contribution in [0.4, 0.5) is 0 Å². The Hall–Kier alpha value is -1.35. The number of methoxy groups -OCH3 is 1. The van der Waals surface area contributed by atoms with Gasteiger partial charge in [-0.25, -0.2) is 0 Å². The van der Waals surface area contributed by atoms with Crippen LogP contribution < -0.4 is 5.32 Å². The first-order valence-corrected chi connectivity index (χ1v) is 5.51. The maximum atomic E-state index is 11.2. The van der Waals surface area contributed by atoms with Gasteiger partial charge >= 0.3 is 5.97 Å². The van der Waals surface area contributed by atoms with E-state index in [-0.39, 0.29) is 12.0 Å². The van der Waals surface area contributed by atoms with Gasteiger partial charge in [0.25, 0.3) is 0 Å². The quantitative estimate of drug-likeness (QED) is 0.772. The molecule has 3 heteroatoms. The molecule has 0 saturated heterocycles. The standard InChI is InChI=1S/C13H19NO2/c1-10(12-7-5-4-6-8-12)9-14-11(2)13(15)16-3/h4-8,10-11,14H,9H2,1-3H3. The summed E-state index contributed by atoms with van der Waals surface area (Å²) in [7, 11) is 1.40. The molecular weight excluding hydrogens is 202 g/mol. The van der Waals surface area contributed by atoms with Crippen LogP contribution in [0.1, 0.15) is 25.3 Å². The van der Waals surface area contributed by atoms with Gasteiger partial charge < -0.3 is 10.1 Å². The van der Waals surface area contributed by atoms with Gasteiger partial charge in [0, 0.05) is 6.54 Å². The average molecular weight is 221 g/mol. The molecule has 0 spiro atoms. The Morgan fingerprint density at radius 3 is 2.50 bits per heavy atom. The maximum absolute atomic E-state index is 11.2. The summed E-state index contributed by atoms with van der Waals surface area (Å²) in [6, 6.07) is 9.98. The Balaban J connectivity index is 2.41. The highest BCUT2D eigenvalue weighted by Gasteiger charge is 2.13. The SMILES string of the molecule is COC(=O)C(C)NCC(C)c1ccccc1. The van der Waals surface area contributed by atoms with E-state index in [4.69, 9.17) is 0 Å². The van der Waals surface area contributed by atoms with Crippen LogP contribution in [0.15, 0.2) is 30.3 Å². The predicted octanol–water partition coefficient (Wildman–Crippen LogP) is 1.94. The fourth-order valence-electron chi connectivity index (χ4n) is 1.51. The van der Waals surface area contributed by atoms with Crippen LogP contribution >= 0.6 is 0 Å². The smallest absolute Gasteiger partial charge is 0.322 e. The molecule has 1 rings (SSSR count). The Morgan fingerprint density at radius 1 is 1.31 bits per heavy atom. The molecule has 0 heterocycles. The minimum atomic E-state index is -0.254. The van der Waals surface area contributed by atoms with Gasteiger partial charge in [-0.1, -0.05) is 37.3 Å². The van der Waals surface area contributed by atoms with E-state index in [2.05, 4.69) is 29.1 Å². The molecular formula is C13H19NO2. The van der Waals surface area contributed by atoms with Gasteiger partial charge in [0.2, 0.25) is 0 Å². The third-order valence-electron chi connectivity index (χ3n) is 2.65. The van der Waals surface area contributed by atoms with Crippen molar-refractivity contribution in [2.45, 2.75) is 25.8 Å². The zero-order chi connectivity index (χ0) is 12.0. The number of rotatable bonds is 5. The molecule has 1 aromatic carbocycles. The van der Waals surface area contributed by atoms with Crippen LogP contribution in [0.2, 0.25) is 0 Å². The summed E-state index contributed by atoms with van der Waals surface area (Å²) >= 11 is 0. The topological polar surface area (TPSA) is 38.3 Å². The molecule has 0 bridgehead atoms. The summed E-state index contributed by atoms with van der Waals surface area (Å²) in [5.74, 6) is 0.161. The monoisotopic (exact) mass is 221 g/mol. The van der Waals surface area contributed by atoms with E-state index in [1.807, 2.05) is 25.1 Å². The Kier molecular flexibility index (Phi) is 4.99. The highest BCUT2D eigenvalue weighted by molar-refractivity contribution is 5.75. The molecule has 88 valence electrons. The molecule has 0 aromatic heterocycles. The van der Waals surface area contributed by atoms with Crippen LogP contribution in [-0.2, 0) is 9.53 Å². The Bertz CT molecular complexity index is 324. The highest BCUT2D eigenvalue weighted by atomic mass is 16.5. The third-order valence-corrected chi connectivity index (χ3v) is 2.65. The van der Waals surface area contributed by atoms with Crippen molar-refractivity contribution < 1.29 is 9.53 Å². The number of carbonyl (C=O) groups is 1. The lowest BCUT2D eigenvalue weighted by molar-refractivity contribution is -0.142. The van der Waals surface area contributed by atoms with E-state index in [1.54, 1.807) is 0 Å². The minimum absolute atomic E-state index is 0.222. The largest absolute Gasteiger partial charge is 0.468 e. The summed E-state index contributed by atoms with van der Waals surface area (Å²) in [5, 5.41) is 3.16. The number of hydrogen-bond donors (Lipinski definition) is 1. The van der Waals surface area contributed by atoms with Crippen molar-refractivity contribution in [3.63, 3.8) is 0 Å². The number of carbonyl (C=O) groups excluding carboxylic acids is 1. The molecule has 0 radical (unpaired) electrons. The molecule has 0 saturated carbocycles. The lowest BCUT2D eigenvalue weighted by atomic mass is 10.0. The predicted molar refractivity (Wildman–Crippen MR) is 64.3 cm³/mol. The lowest BCUT2D eigenvalue weighted by Crippen LogP contribution is -2.36. The third kappa shape index (κ3) is 3.66. The van der Waals surface area contributed by atoms with Crippen LogP contribution in [0.3, 0.4) is 0 Å². The fraction of sp³-hybridized carbons (Fsp3) is 0.462. The van der Waals surface area contributed by atoms with Crippen molar-refractivity contribution in [3.05, 3.63) is 35.9 Å². The first-order valence-electron chi connectivity index (χ1n) is 5.51. The summed E-state index contributed by atoms with van der Waals surface area (Å²) in [4.78, 5) is 11.2. The van der Waals surface area contributed by atoms with Crippen molar-refractivity contribution in [2.75, 3.05) is 13.7 Å². The highest BCUT2D eigenvalue weighted by Crippen LogP contribution is 2.13. The number of hydrogen-bond acceptors (Lipinski definition) is 3. The number of ether oxygens (including phenoxy) is 1. The van der Waals surface area contributed by atoms with Gasteiger partial charge in [0.15, 0.2) is 0 Å². The van der Waals surface area contributed by atoms with Crippen LogP contribution in [0.5, 0.6) is 0 Å². The van der Waals surface area contributed by atoms with E-state index in [9.17, 15) is 4.79 Å². The zero-order valence-corrected chi connectivity index (χ0v) is 10.1. The Morgan fingerprint density at radius 2 is 1.94 bits per heavy atom.